The van der Waals surface area contributed by atoms with Crippen LogP contribution in [-0.2, 0) is 11.3 Å². The summed E-state index contributed by atoms with van der Waals surface area (Å²) in [5.41, 5.74) is 0.0480. The quantitative estimate of drug-likeness (QED) is 0.228. The molecular formula is C19H32IN5O2. The molecule has 2 heterocycles. The van der Waals surface area contributed by atoms with Gasteiger partial charge in [0.05, 0.1) is 0 Å². The van der Waals surface area contributed by atoms with Crippen molar-refractivity contribution in [3.8, 4) is 0 Å². The molecule has 1 amide bonds. The normalized spacial score (nSPS) is 14.2. The average molecular weight is 489 g/mol. The molecule has 2 rings (SSSR count). The molecule has 0 atom stereocenters. The fourth-order valence-corrected chi connectivity index (χ4v) is 2.99. The Morgan fingerprint density at radius 1 is 1.15 bits per heavy atom. The van der Waals surface area contributed by atoms with E-state index >= 15 is 0 Å². The molecule has 0 aromatic carbocycles. The first-order valence-electron chi connectivity index (χ1n) is 9.66. The molecule has 8 heteroatoms. The fourth-order valence-electron chi connectivity index (χ4n) is 2.99. The predicted octanol–water partition coefficient (Wildman–Crippen LogP) is 1.81. The van der Waals surface area contributed by atoms with E-state index < -0.39 is 0 Å². The number of rotatable bonds is 10. The topological polar surface area (TPSA) is 78.7 Å². The number of aryl methyl sites for hydroxylation is 1. The zero-order valence-electron chi connectivity index (χ0n) is 16.2. The van der Waals surface area contributed by atoms with Gasteiger partial charge in [-0.15, -0.1) is 24.0 Å². The van der Waals surface area contributed by atoms with Gasteiger partial charge in [0, 0.05) is 58.0 Å². The standard InChI is InChI=1S/C19H31N5O2.HI/c1-2-20-19(22-12-8-16-24-15-7-10-18(24)26)21-11-4-6-14-23-13-5-3-9-17(23)25;/h3,5,9,13H,2,4,6-8,10-12,14-16H2,1H3,(H2,20,21,22);1H. The Hall–Kier alpha value is -1.58. The number of guanidine groups is 1. The van der Waals surface area contributed by atoms with Crippen molar-refractivity contribution < 1.29 is 4.79 Å². The third-order valence-electron chi connectivity index (χ3n) is 4.39. The molecule has 0 aliphatic carbocycles. The van der Waals surface area contributed by atoms with E-state index in [9.17, 15) is 9.59 Å². The smallest absolute Gasteiger partial charge is 0.250 e. The summed E-state index contributed by atoms with van der Waals surface area (Å²) in [4.78, 5) is 29.7. The summed E-state index contributed by atoms with van der Waals surface area (Å²) in [7, 11) is 0. The van der Waals surface area contributed by atoms with Crippen LogP contribution in [0.15, 0.2) is 34.2 Å². The van der Waals surface area contributed by atoms with Crippen LogP contribution in [0, 0.1) is 0 Å². The second-order valence-corrected chi connectivity index (χ2v) is 6.46. The number of aliphatic imine (C=N–C) groups is 1. The number of nitrogens with zero attached hydrogens (tertiary/aromatic N) is 3. The summed E-state index contributed by atoms with van der Waals surface area (Å²) in [6.07, 6.45) is 6.30. The molecule has 1 aliphatic rings. The van der Waals surface area contributed by atoms with Gasteiger partial charge in [-0.3, -0.25) is 14.6 Å². The largest absolute Gasteiger partial charge is 0.357 e. The van der Waals surface area contributed by atoms with Gasteiger partial charge < -0.3 is 20.1 Å². The van der Waals surface area contributed by atoms with E-state index in [0.717, 1.165) is 64.4 Å². The van der Waals surface area contributed by atoms with Gasteiger partial charge in [-0.05, 0) is 38.7 Å². The van der Waals surface area contributed by atoms with Crippen molar-refractivity contribution in [2.75, 3.05) is 32.7 Å². The first-order chi connectivity index (χ1) is 12.7. The highest BCUT2D eigenvalue weighted by molar-refractivity contribution is 14.0. The minimum absolute atomic E-state index is 0. The van der Waals surface area contributed by atoms with Crippen molar-refractivity contribution in [3.63, 3.8) is 0 Å². The van der Waals surface area contributed by atoms with Gasteiger partial charge in [-0.1, -0.05) is 6.07 Å². The molecule has 0 saturated carbocycles. The van der Waals surface area contributed by atoms with E-state index in [1.165, 1.54) is 0 Å². The lowest BCUT2D eigenvalue weighted by Gasteiger charge is -2.15. The van der Waals surface area contributed by atoms with Crippen LogP contribution in [0.1, 0.15) is 39.0 Å². The second kappa shape index (κ2) is 13.6. The monoisotopic (exact) mass is 489 g/mol. The summed E-state index contributed by atoms with van der Waals surface area (Å²) < 4.78 is 1.74. The Morgan fingerprint density at radius 3 is 2.70 bits per heavy atom. The molecule has 27 heavy (non-hydrogen) atoms. The van der Waals surface area contributed by atoms with Crippen LogP contribution in [0.2, 0.25) is 0 Å². The van der Waals surface area contributed by atoms with E-state index in [0.29, 0.717) is 13.0 Å². The zero-order chi connectivity index (χ0) is 18.6. The molecular weight excluding hydrogens is 457 g/mol. The van der Waals surface area contributed by atoms with Gasteiger partial charge in [-0.2, -0.15) is 0 Å². The van der Waals surface area contributed by atoms with Crippen LogP contribution in [0.4, 0.5) is 0 Å². The van der Waals surface area contributed by atoms with Crippen LogP contribution in [0.25, 0.3) is 0 Å². The first-order valence-corrected chi connectivity index (χ1v) is 9.66. The average Bonchev–Trinajstić information content (AvgIpc) is 3.04. The van der Waals surface area contributed by atoms with Crippen LogP contribution in [0.5, 0.6) is 0 Å². The highest BCUT2D eigenvalue weighted by Crippen LogP contribution is 2.09. The number of likely N-dealkylation sites (tertiary alicyclic amines) is 1. The molecule has 1 aromatic heterocycles. The molecule has 7 nitrogen and oxygen atoms in total. The van der Waals surface area contributed by atoms with Crippen molar-refractivity contribution in [2.45, 2.75) is 45.6 Å². The summed E-state index contributed by atoms with van der Waals surface area (Å²) in [5, 5.41) is 6.57. The van der Waals surface area contributed by atoms with Crippen molar-refractivity contribution in [1.29, 1.82) is 0 Å². The fraction of sp³-hybridized carbons (Fsp3) is 0.632. The maximum atomic E-state index is 11.6. The predicted molar refractivity (Wildman–Crippen MR) is 120 cm³/mol. The number of pyridine rings is 1. The van der Waals surface area contributed by atoms with Crippen LogP contribution < -0.4 is 16.2 Å². The number of nitrogens with one attached hydrogen (secondary N) is 2. The van der Waals surface area contributed by atoms with Gasteiger partial charge in [0.15, 0.2) is 5.96 Å². The van der Waals surface area contributed by atoms with E-state index in [4.69, 9.17) is 0 Å². The lowest BCUT2D eigenvalue weighted by Crippen LogP contribution is -2.38. The minimum Gasteiger partial charge on any atom is -0.357 e. The number of aromatic nitrogens is 1. The third-order valence-corrected chi connectivity index (χ3v) is 4.39. The van der Waals surface area contributed by atoms with Crippen molar-refractivity contribution in [3.05, 3.63) is 34.7 Å². The molecule has 0 bridgehead atoms. The number of hydrogen-bond acceptors (Lipinski definition) is 3. The number of carbonyl (C=O) groups is 1. The molecule has 0 unspecified atom stereocenters. The van der Waals surface area contributed by atoms with Crippen LogP contribution >= 0.6 is 24.0 Å². The van der Waals surface area contributed by atoms with Crippen LogP contribution in [0.3, 0.4) is 0 Å². The van der Waals surface area contributed by atoms with Crippen molar-refractivity contribution >= 4 is 35.8 Å². The van der Waals surface area contributed by atoms with E-state index in [1.807, 2.05) is 24.1 Å². The SMILES string of the molecule is CCNC(=NCCCN1CCCC1=O)NCCCCn1ccccc1=O.I. The number of hydrogen-bond donors (Lipinski definition) is 2. The van der Waals surface area contributed by atoms with E-state index in [2.05, 4.69) is 15.6 Å². The summed E-state index contributed by atoms with van der Waals surface area (Å²) in [6, 6.07) is 5.23. The molecule has 0 spiro atoms. The Bertz CT molecular complexity index is 647. The Labute approximate surface area is 178 Å². The van der Waals surface area contributed by atoms with E-state index in [-0.39, 0.29) is 35.4 Å². The van der Waals surface area contributed by atoms with Crippen molar-refractivity contribution in [1.82, 2.24) is 20.1 Å². The number of unbranched alkanes of at least 4 members (excludes halogenated alkanes) is 1. The minimum atomic E-state index is 0. The molecule has 152 valence electrons. The Morgan fingerprint density at radius 2 is 2.00 bits per heavy atom. The molecule has 1 fully saturated rings. The summed E-state index contributed by atoms with van der Waals surface area (Å²) in [5.74, 6) is 1.09. The lowest BCUT2D eigenvalue weighted by atomic mass is 10.3. The molecule has 1 aliphatic heterocycles. The highest BCUT2D eigenvalue weighted by atomic mass is 127. The Kier molecular flexibility index (Phi) is 11.8. The van der Waals surface area contributed by atoms with Gasteiger partial charge in [-0.25, -0.2) is 0 Å². The van der Waals surface area contributed by atoms with Crippen molar-refractivity contribution in [2.24, 2.45) is 4.99 Å². The zero-order valence-corrected chi connectivity index (χ0v) is 18.5. The molecule has 1 saturated heterocycles. The molecule has 1 aromatic rings. The number of halogens is 1. The van der Waals surface area contributed by atoms with Gasteiger partial charge in [0.2, 0.25) is 11.5 Å². The summed E-state index contributed by atoms with van der Waals surface area (Å²) >= 11 is 0. The maximum absolute atomic E-state index is 11.6. The van der Waals surface area contributed by atoms with Gasteiger partial charge >= 0.3 is 0 Å². The highest BCUT2D eigenvalue weighted by Gasteiger charge is 2.18. The lowest BCUT2D eigenvalue weighted by molar-refractivity contribution is -0.127. The summed E-state index contributed by atoms with van der Waals surface area (Å²) in [6.45, 7) is 6.81. The van der Waals surface area contributed by atoms with Crippen LogP contribution in [-0.4, -0.2) is 54.1 Å². The Balaban J connectivity index is 0.00000364. The maximum Gasteiger partial charge on any atom is 0.250 e. The third kappa shape index (κ3) is 8.77. The number of amides is 1. The van der Waals surface area contributed by atoms with E-state index in [1.54, 1.807) is 16.7 Å². The number of carbonyl (C=O) groups excluding carboxylic acids is 1. The molecule has 0 radical (unpaired) electrons. The second-order valence-electron chi connectivity index (χ2n) is 6.46. The first kappa shape index (κ1) is 23.5. The van der Waals surface area contributed by atoms with Gasteiger partial charge in [0.25, 0.3) is 0 Å². The molecule has 2 N–H and O–H groups in total. The van der Waals surface area contributed by atoms with Gasteiger partial charge in [0.1, 0.15) is 0 Å².